The van der Waals surface area contributed by atoms with E-state index >= 15 is 0 Å². The minimum atomic E-state index is -4.15. The largest absolute Gasteiger partial charge is 0.465 e. The molecule has 0 aliphatic heterocycles. The van der Waals surface area contributed by atoms with Crippen LogP contribution in [0.2, 0.25) is 0 Å². The minimum Gasteiger partial charge on any atom is -0.465 e. The van der Waals surface area contributed by atoms with Crippen LogP contribution in [0, 0.1) is 12.7 Å². The highest BCUT2D eigenvalue weighted by Crippen LogP contribution is 2.18. The maximum absolute atomic E-state index is 13.1. The van der Waals surface area contributed by atoms with Crippen molar-refractivity contribution in [3.8, 4) is 0 Å². The summed E-state index contributed by atoms with van der Waals surface area (Å²) >= 11 is 6.15. The van der Waals surface area contributed by atoms with Crippen molar-refractivity contribution in [1.82, 2.24) is 4.72 Å². The first-order valence-electron chi connectivity index (χ1n) is 8.35. The van der Waals surface area contributed by atoms with Gasteiger partial charge in [0.1, 0.15) is 17.2 Å². The second-order valence-electron chi connectivity index (χ2n) is 5.94. The molecule has 0 aliphatic rings. The van der Waals surface area contributed by atoms with E-state index in [0.717, 1.165) is 17.7 Å². The number of nitrogens with one attached hydrogen (secondary N) is 1. The second kappa shape index (κ2) is 9.27. The number of carbonyl (C=O) groups is 2. The zero-order chi connectivity index (χ0) is 20.9. The van der Waals surface area contributed by atoms with Gasteiger partial charge in [0, 0.05) is 5.56 Å². The Morgan fingerprint density at radius 2 is 1.68 bits per heavy atom. The molecule has 2 rings (SSSR count). The summed E-state index contributed by atoms with van der Waals surface area (Å²) in [4.78, 5) is 24.8. The molecule has 0 aromatic heterocycles. The molecule has 0 spiro atoms. The van der Waals surface area contributed by atoms with Crippen LogP contribution in [0.15, 0.2) is 53.4 Å². The number of hydrogen-bond donors (Lipinski definition) is 1. The maximum atomic E-state index is 13.1. The van der Waals surface area contributed by atoms with Crippen molar-refractivity contribution in [1.29, 1.82) is 0 Å². The summed E-state index contributed by atoms with van der Waals surface area (Å²) in [5.41, 5.74) is 0.882. The number of halogens is 2. The third kappa shape index (κ3) is 5.37. The Morgan fingerprint density at radius 3 is 2.21 bits per heavy atom. The third-order valence-corrected chi connectivity index (χ3v) is 5.73. The summed E-state index contributed by atoms with van der Waals surface area (Å²) in [6.07, 6.45) is 0. The lowest BCUT2D eigenvalue weighted by molar-refractivity contribution is -0.144. The van der Waals surface area contributed by atoms with Gasteiger partial charge in [0.15, 0.2) is 5.78 Å². The third-order valence-electron chi connectivity index (χ3n) is 3.83. The van der Waals surface area contributed by atoms with Gasteiger partial charge in [0.25, 0.3) is 0 Å². The fourth-order valence-corrected chi connectivity index (χ4v) is 3.90. The molecule has 1 N–H and O–H groups in total. The molecular weight excluding hydrogens is 409 g/mol. The quantitative estimate of drug-likeness (QED) is 0.397. The van der Waals surface area contributed by atoms with E-state index in [9.17, 15) is 22.4 Å². The van der Waals surface area contributed by atoms with Crippen molar-refractivity contribution in [2.75, 3.05) is 6.61 Å². The average molecular weight is 428 g/mol. The number of ether oxygens (including phenoxy) is 1. The molecule has 28 heavy (non-hydrogen) atoms. The second-order valence-corrected chi connectivity index (χ2v) is 8.12. The Hall–Kier alpha value is -2.29. The predicted octanol–water partition coefficient (Wildman–Crippen LogP) is 2.83. The van der Waals surface area contributed by atoms with Crippen molar-refractivity contribution in [2.24, 2.45) is 0 Å². The number of hydrogen-bond acceptors (Lipinski definition) is 5. The van der Waals surface area contributed by atoms with E-state index in [-0.39, 0.29) is 17.1 Å². The smallest absolute Gasteiger partial charge is 0.326 e. The Balaban J connectivity index is 2.33. The van der Waals surface area contributed by atoms with Crippen LogP contribution in [-0.4, -0.2) is 38.2 Å². The lowest BCUT2D eigenvalue weighted by atomic mass is 10.0. The van der Waals surface area contributed by atoms with Gasteiger partial charge in [0.05, 0.1) is 11.5 Å². The van der Waals surface area contributed by atoms with Crippen molar-refractivity contribution in [3.05, 3.63) is 65.5 Å². The van der Waals surface area contributed by atoms with Gasteiger partial charge < -0.3 is 4.74 Å². The molecule has 2 unspecified atom stereocenters. The standard InChI is InChI=1S/C19H19ClFNO5S/c1-3-27-19(24)17(16(20)18(23)13-6-8-14(21)9-7-13)22-28(25,26)15-10-4-12(2)5-11-15/h4-11,16-17,22H,3H2,1-2H3. The maximum Gasteiger partial charge on any atom is 0.326 e. The van der Waals surface area contributed by atoms with Crippen molar-refractivity contribution in [2.45, 2.75) is 30.2 Å². The average Bonchev–Trinajstić information content (AvgIpc) is 2.66. The van der Waals surface area contributed by atoms with Crippen LogP contribution < -0.4 is 4.72 Å². The van der Waals surface area contributed by atoms with Crippen LogP contribution in [0.25, 0.3) is 0 Å². The summed E-state index contributed by atoms with van der Waals surface area (Å²) < 4.78 is 45.3. The summed E-state index contributed by atoms with van der Waals surface area (Å²) in [7, 11) is -4.15. The lowest BCUT2D eigenvalue weighted by Crippen LogP contribution is -2.50. The highest BCUT2D eigenvalue weighted by atomic mass is 35.5. The number of rotatable bonds is 8. The summed E-state index contributed by atoms with van der Waals surface area (Å²) in [6, 6.07) is 8.78. The van der Waals surface area contributed by atoms with Gasteiger partial charge in [-0.1, -0.05) is 17.7 Å². The van der Waals surface area contributed by atoms with Crippen LogP contribution in [-0.2, 0) is 19.6 Å². The number of aryl methyl sites for hydroxylation is 1. The van der Waals surface area contributed by atoms with Crippen LogP contribution >= 0.6 is 11.6 Å². The van der Waals surface area contributed by atoms with Crippen LogP contribution in [0.3, 0.4) is 0 Å². The minimum absolute atomic E-state index is 0.0318. The Kier molecular flexibility index (Phi) is 7.29. The van der Waals surface area contributed by atoms with Gasteiger partial charge in [-0.15, -0.1) is 11.6 Å². The molecule has 0 amide bonds. The number of sulfonamides is 1. The molecule has 0 aliphatic carbocycles. The van der Waals surface area contributed by atoms with Crippen LogP contribution in [0.5, 0.6) is 0 Å². The van der Waals surface area contributed by atoms with Crippen LogP contribution in [0.4, 0.5) is 4.39 Å². The van der Waals surface area contributed by atoms with Crippen LogP contribution in [0.1, 0.15) is 22.8 Å². The highest BCUT2D eigenvalue weighted by Gasteiger charge is 2.37. The van der Waals surface area contributed by atoms with Gasteiger partial charge in [-0.2, -0.15) is 4.72 Å². The van der Waals surface area contributed by atoms with E-state index in [4.69, 9.17) is 16.3 Å². The molecule has 0 saturated heterocycles. The van der Waals surface area contributed by atoms with E-state index in [1.54, 1.807) is 19.1 Å². The van der Waals surface area contributed by atoms with E-state index < -0.39 is 39.0 Å². The molecule has 0 bridgehead atoms. The van der Waals surface area contributed by atoms with Gasteiger partial charge in [-0.25, -0.2) is 12.8 Å². The Morgan fingerprint density at radius 1 is 1.11 bits per heavy atom. The zero-order valence-corrected chi connectivity index (χ0v) is 16.8. The first-order chi connectivity index (χ1) is 13.2. The molecule has 0 saturated carbocycles. The number of ketones is 1. The van der Waals surface area contributed by atoms with Crippen molar-refractivity contribution >= 4 is 33.4 Å². The van der Waals surface area contributed by atoms with E-state index in [1.165, 1.54) is 31.2 Å². The number of Topliss-reactive ketones (excluding diaryl/α,β-unsaturated/α-hetero) is 1. The molecule has 0 radical (unpaired) electrons. The van der Waals surface area contributed by atoms with Crippen molar-refractivity contribution < 1.29 is 27.1 Å². The van der Waals surface area contributed by atoms with Gasteiger partial charge in [0.2, 0.25) is 10.0 Å². The predicted molar refractivity (Wildman–Crippen MR) is 102 cm³/mol. The Bertz CT molecular complexity index is 945. The SMILES string of the molecule is CCOC(=O)C(NS(=O)(=O)c1ccc(C)cc1)C(Cl)C(=O)c1ccc(F)cc1. The monoisotopic (exact) mass is 427 g/mol. The fourth-order valence-electron chi connectivity index (χ4n) is 2.34. The molecule has 2 aromatic carbocycles. The zero-order valence-electron chi connectivity index (χ0n) is 15.2. The molecule has 2 aromatic rings. The number of alkyl halides is 1. The van der Waals surface area contributed by atoms with Crippen molar-refractivity contribution in [3.63, 3.8) is 0 Å². The van der Waals surface area contributed by atoms with Gasteiger partial charge in [-0.3, -0.25) is 9.59 Å². The first kappa shape index (κ1) is 22.0. The van der Waals surface area contributed by atoms with E-state index in [2.05, 4.69) is 4.72 Å². The normalized spacial score (nSPS) is 13.6. The first-order valence-corrected chi connectivity index (χ1v) is 10.3. The lowest BCUT2D eigenvalue weighted by Gasteiger charge is -2.21. The molecule has 9 heteroatoms. The van der Waals surface area contributed by atoms with E-state index in [0.29, 0.717) is 0 Å². The number of esters is 1. The molecule has 0 heterocycles. The van der Waals surface area contributed by atoms with Gasteiger partial charge >= 0.3 is 5.97 Å². The summed E-state index contributed by atoms with van der Waals surface area (Å²) in [5.74, 6) is -2.29. The van der Waals surface area contributed by atoms with Gasteiger partial charge in [-0.05, 0) is 50.2 Å². The molecular formula is C19H19ClFNO5S. The number of carbonyl (C=O) groups excluding carboxylic acids is 2. The molecule has 2 atom stereocenters. The molecule has 6 nitrogen and oxygen atoms in total. The van der Waals surface area contributed by atoms with E-state index in [1.807, 2.05) is 0 Å². The fraction of sp³-hybridized carbons (Fsp3) is 0.263. The summed E-state index contributed by atoms with van der Waals surface area (Å²) in [6.45, 7) is 3.30. The summed E-state index contributed by atoms with van der Waals surface area (Å²) in [5, 5.41) is -1.59. The molecule has 0 fully saturated rings. The highest BCUT2D eigenvalue weighted by molar-refractivity contribution is 7.89. The number of benzene rings is 2. The topological polar surface area (TPSA) is 89.5 Å². The molecule has 150 valence electrons. The Labute approximate surface area is 167 Å².